The molecule has 90 valence electrons. The van der Waals surface area contributed by atoms with E-state index in [9.17, 15) is 0 Å². The Bertz CT molecular complexity index is 506. The molecule has 0 amide bonds. The number of nitrogens with zero attached hydrogens (tertiary/aromatic N) is 5. The maximum atomic E-state index is 5.81. The lowest BCUT2D eigenvalue weighted by atomic mass is 10.2. The molecule has 0 saturated carbocycles. The van der Waals surface area contributed by atoms with Gasteiger partial charge in [0.1, 0.15) is 5.60 Å². The number of aromatic nitrogens is 5. The highest BCUT2D eigenvalue weighted by Crippen LogP contribution is 2.15. The van der Waals surface area contributed by atoms with Crippen LogP contribution in [-0.4, -0.2) is 30.3 Å². The smallest absolute Gasteiger partial charge is 0.323 e. The molecule has 2 heterocycles. The summed E-state index contributed by atoms with van der Waals surface area (Å²) in [6.07, 6.45) is 3.34. The first-order valence-corrected chi connectivity index (χ1v) is 5.42. The summed E-state index contributed by atoms with van der Waals surface area (Å²) in [6, 6.07) is 1.95. The van der Waals surface area contributed by atoms with Crippen LogP contribution < -0.4 is 4.74 Å². The molecule has 0 saturated heterocycles. The summed E-state index contributed by atoms with van der Waals surface area (Å²) in [4.78, 5) is 12.0. The van der Waals surface area contributed by atoms with E-state index < -0.39 is 5.60 Å². The molecular formula is C10H12ClN5O. The second-order valence-corrected chi connectivity index (χ2v) is 4.69. The van der Waals surface area contributed by atoms with Gasteiger partial charge >= 0.3 is 6.01 Å². The summed E-state index contributed by atoms with van der Waals surface area (Å²) < 4.78 is 7.02. The van der Waals surface area contributed by atoms with Gasteiger partial charge in [-0.15, -0.1) is 0 Å². The van der Waals surface area contributed by atoms with E-state index in [4.69, 9.17) is 16.3 Å². The first-order chi connectivity index (χ1) is 7.94. The van der Waals surface area contributed by atoms with E-state index in [-0.39, 0.29) is 11.3 Å². The van der Waals surface area contributed by atoms with Crippen molar-refractivity contribution in [1.29, 1.82) is 0 Å². The summed E-state index contributed by atoms with van der Waals surface area (Å²) in [5.74, 6) is 0.328. The summed E-state index contributed by atoms with van der Waals surface area (Å²) >= 11 is 5.81. The summed E-state index contributed by atoms with van der Waals surface area (Å²) in [6.45, 7) is 5.70. The van der Waals surface area contributed by atoms with Crippen molar-refractivity contribution >= 4 is 11.6 Å². The molecule has 0 radical (unpaired) electrons. The molecule has 0 unspecified atom stereocenters. The standard InChI is InChI=1S/C10H12ClN5O/c1-10(2,3)17-9-14-7(11)13-8(15-9)16-6-4-5-12-16/h4-6H,1-3H3. The average Bonchev–Trinajstić information content (AvgIpc) is 2.65. The lowest BCUT2D eigenvalue weighted by Crippen LogP contribution is -2.24. The van der Waals surface area contributed by atoms with Crippen molar-refractivity contribution in [3.8, 4) is 12.0 Å². The van der Waals surface area contributed by atoms with Crippen LogP contribution in [0.4, 0.5) is 0 Å². The van der Waals surface area contributed by atoms with Crippen LogP contribution in [-0.2, 0) is 0 Å². The molecule has 2 aromatic rings. The Labute approximate surface area is 104 Å². The van der Waals surface area contributed by atoms with E-state index in [0.717, 1.165) is 0 Å². The van der Waals surface area contributed by atoms with Gasteiger partial charge in [-0.05, 0) is 38.4 Å². The topological polar surface area (TPSA) is 65.7 Å². The third-order valence-electron chi connectivity index (χ3n) is 1.68. The minimum Gasteiger partial charge on any atom is -0.458 e. The lowest BCUT2D eigenvalue weighted by molar-refractivity contribution is 0.116. The molecule has 7 heteroatoms. The quantitative estimate of drug-likeness (QED) is 0.818. The SMILES string of the molecule is CC(C)(C)Oc1nc(Cl)nc(-n2cccn2)n1. The molecule has 0 aliphatic heterocycles. The van der Waals surface area contributed by atoms with Crippen LogP contribution in [0.3, 0.4) is 0 Å². The number of halogens is 1. The van der Waals surface area contributed by atoms with Gasteiger partial charge in [0, 0.05) is 12.4 Å². The van der Waals surface area contributed by atoms with Crippen molar-refractivity contribution in [3.63, 3.8) is 0 Å². The molecule has 0 atom stereocenters. The molecule has 0 bridgehead atoms. The molecule has 0 spiro atoms. The van der Waals surface area contributed by atoms with Crippen LogP contribution in [0.25, 0.3) is 5.95 Å². The van der Waals surface area contributed by atoms with E-state index in [0.29, 0.717) is 5.95 Å². The second kappa shape index (κ2) is 4.29. The normalized spacial score (nSPS) is 11.5. The number of ether oxygens (including phenoxy) is 1. The first-order valence-electron chi connectivity index (χ1n) is 5.05. The summed E-state index contributed by atoms with van der Waals surface area (Å²) in [5, 5.41) is 4.09. The van der Waals surface area contributed by atoms with Gasteiger partial charge in [-0.25, -0.2) is 4.68 Å². The molecule has 2 rings (SSSR count). The molecule has 6 nitrogen and oxygen atoms in total. The third kappa shape index (κ3) is 3.13. The predicted molar refractivity (Wildman–Crippen MR) is 62.3 cm³/mol. The highest BCUT2D eigenvalue weighted by molar-refractivity contribution is 6.28. The van der Waals surface area contributed by atoms with Crippen LogP contribution in [0.15, 0.2) is 18.5 Å². The average molecular weight is 254 g/mol. The van der Waals surface area contributed by atoms with Crippen molar-refractivity contribution < 1.29 is 4.74 Å². The van der Waals surface area contributed by atoms with Gasteiger partial charge in [-0.1, -0.05) is 0 Å². The van der Waals surface area contributed by atoms with Crippen molar-refractivity contribution in [2.45, 2.75) is 26.4 Å². The van der Waals surface area contributed by atoms with Crippen LogP contribution >= 0.6 is 11.6 Å². The van der Waals surface area contributed by atoms with E-state index in [1.165, 1.54) is 4.68 Å². The van der Waals surface area contributed by atoms with Gasteiger partial charge < -0.3 is 4.74 Å². The predicted octanol–water partition coefficient (Wildman–Crippen LogP) is 1.89. The van der Waals surface area contributed by atoms with Crippen molar-refractivity contribution in [2.75, 3.05) is 0 Å². The fraction of sp³-hybridized carbons (Fsp3) is 0.400. The Kier molecular flexibility index (Phi) is 2.97. The molecule has 17 heavy (non-hydrogen) atoms. The lowest BCUT2D eigenvalue weighted by Gasteiger charge is -2.19. The summed E-state index contributed by atoms with van der Waals surface area (Å²) in [5.41, 5.74) is -0.397. The van der Waals surface area contributed by atoms with Crippen LogP contribution in [0.2, 0.25) is 5.28 Å². The van der Waals surface area contributed by atoms with Gasteiger partial charge in [0.05, 0.1) is 0 Å². The summed E-state index contributed by atoms with van der Waals surface area (Å²) in [7, 11) is 0. The van der Waals surface area contributed by atoms with E-state index in [1.807, 2.05) is 20.8 Å². The van der Waals surface area contributed by atoms with Crippen LogP contribution in [0.1, 0.15) is 20.8 Å². The zero-order chi connectivity index (χ0) is 12.5. The number of rotatable bonds is 2. The fourth-order valence-electron chi connectivity index (χ4n) is 1.13. The Morgan fingerprint density at radius 1 is 1.24 bits per heavy atom. The van der Waals surface area contributed by atoms with Crippen LogP contribution in [0.5, 0.6) is 6.01 Å². The minimum absolute atomic E-state index is 0.0738. The number of hydrogen-bond donors (Lipinski definition) is 0. The third-order valence-corrected chi connectivity index (χ3v) is 1.85. The molecule has 0 aliphatic carbocycles. The van der Waals surface area contributed by atoms with E-state index in [1.54, 1.807) is 18.5 Å². The molecule has 2 aromatic heterocycles. The molecular weight excluding hydrogens is 242 g/mol. The van der Waals surface area contributed by atoms with E-state index in [2.05, 4.69) is 20.1 Å². The Morgan fingerprint density at radius 3 is 2.59 bits per heavy atom. The number of hydrogen-bond acceptors (Lipinski definition) is 5. The fourth-order valence-corrected chi connectivity index (χ4v) is 1.28. The molecule has 0 aromatic carbocycles. The largest absolute Gasteiger partial charge is 0.458 e. The Hall–Kier alpha value is -1.69. The minimum atomic E-state index is -0.397. The second-order valence-electron chi connectivity index (χ2n) is 4.35. The Morgan fingerprint density at radius 2 is 2.00 bits per heavy atom. The maximum Gasteiger partial charge on any atom is 0.323 e. The zero-order valence-corrected chi connectivity index (χ0v) is 10.5. The van der Waals surface area contributed by atoms with Crippen molar-refractivity contribution in [3.05, 3.63) is 23.7 Å². The molecule has 0 N–H and O–H groups in total. The monoisotopic (exact) mass is 253 g/mol. The van der Waals surface area contributed by atoms with Crippen molar-refractivity contribution in [1.82, 2.24) is 24.7 Å². The molecule has 0 fully saturated rings. The van der Waals surface area contributed by atoms with Gasteiger partial charge in [0.25, 0.3) is 5.95 Å². The highest BCUT2D eigenvalue weighted by Gasteiger charge is 2.16. The highest BCUT2D eigenvalue weighted by atomic mass is 35.5. The first kappa shape index (κ1) is 11.8. The van der Waals surface area contributed by atoms with Gasteiger partial charge in [-0.2, -0.15) is 20.1 Å². The molecule has 0 aliphatic rings. The van der Waals surface area contributed by atoms with Crippen LogP contribution in [0, 0.1) is 0 Å². The van der Waals surface area contributed by atoms with E-state index >= 15 is 0 Å². The van der Waals surface area contributed by atoms with Crippen molar-refractivity contribution in [2.24, 2.45) is 0 Å². The Balaban J connectivity index is 2.36. The maximum absolute atomic E-state index is 5.81. The van der Waals surface area contributed by atoms with Gasteiger partial charge in [0.2, 0.25) is 5.28 Å². The zero-order valence-electron chi connectivity index (χ0n) is 9.75. The van der Waals surface area contributed by atoms with Gasteiger partial charge in [-0.3, -0.25) is 0 Å². The van der Waals surface area contributed by atoms with Gasteiger partial charge in [0.15, 0.2) is 0 Å².